The number of rotatable bonds is 40. The van der Waals surface area contributed by atoms with Gasteiger partial charge in [-0.15, -0.1) is 0 Å². The fourth-order valence-corrected chi connectivity index (χ4v) is 10.7. The number of carbonyl (C=O) groups excluding carboxylic acids is 8. The van der Waals surface area contributed by atoms with Crippen molar-refractivity contribution in [3.8, 4) is 0 Å². The normalized spacial score (nSPS) is 19.7. The molecule has 7 amide bonds. The molecule has 2 fully saturated rings. The molecule has 23 nitrogen and oxygen atoms in total. The van der Waals surface area contributed by atoms with E-state index in [9.17, 15) is 38.4 Å². The first-order valence-corrected chi connectivity index (χ1v) is 29.0. The lowest BCUT2D eigenvalue weighted by Gasteiger charge is -2.41. The maximum atomic E-state index is 14.7. The van der Waals surface area contributed by atoms with Crippen LogP contribution in [0.2, 0.25) is 0 Å². The number of hydrogen-bond donors (Lipinski definition) is 2. The molecule has 23 heteroatoms. The molecule has 0 unspecified atom stereocenters. The number of esters is 1. The maximum Gasteiger partial charge on any atom is 0.328 e. The molecule has 1 aromatic carbocycles. The van der Waals surface area contributed by atoms with E-state index in [2.05, 4.69) is 10.6 Å². The summed E-state index contributed by atoms with van der Waals surface area (Å²) >= 11 is 0. The van der Waals surface area contributed by atoms with E-state index < -0.39 is 65.6 Å². The Balaban J connectivity index is 1.19. The van der Waals surface area contributed by atoms with E-state index in [0.717, 1.165) is 10.5 Å². The minimum atomic E-state index is -1.20. The summed E-state index contributed by atoms with van der Waals surface area (Å²) < 4.78 is 50.3. The van der Waals surface area contributed by atoms with Crippen LogP contribution < -0.4 is 10.6 Å². The van der Waals surface area contributed by atoms with Gasteiger partial charge in [-0.05, 0) is 50.0 Å². The largest absolute Gasteiger partial charge is 0.467 e. The highest BCUT2D eigenvalue weighted by Crippen LogP contribution is 2.32. The van der Waals surface area contributed by atoms with Crippen molar-refractivity contribution in [3.63, 3.8) is 0 Å². The van der Waals surface area contributed by atoms with Gasteiger partial charge in [0.25, 0.3) is 11.8 Å². The molecular formula is C59H94N6O17. The number of benzene rings is 1. The number of nitrogens with zero attached hydrogens (tertiary/aromatic N) is 4. The smallest absolute Gasteiger partial charge is 0.328 e. The fourth-order valence-electron chi connectivity index (χ4n) is 10.7. The van der Waals surface area contributed by atoms with Gasteiger partial charge in [-0.3, -0.25) is 38.5 Å². The second-order valence-corrected chi connectivity index (χ2v) is 21.6. The van der Waals surface area contributed by atoms with Gasteiger partial charge in [0, 0.05) is 52.9 Å². The van der Waals surface area contributed by atoms with Crippen molar-refractivity contribution in [1.82, 2.24) is 30.2 Å². The van der Waals surface area contributed by atoms with E-state index in [1.54, 1.807) is 35.6 Å². The Morgan fingerprint density at radius 3 is 1.80 bits per heavy atom. The number of hydrogen-bond acceptors (Lipinski definition) is 17. The van der Waals surface area contributed by atoms with Crippen LogP contribution in [0.3, 0.4) is 0 Å². The first-order chi connectivity index (χ1) is 39.3. The number of nitrogens with one attached hydrogen (secondary N) is 2. The number of imide groups is 1. The Hall–Kier alpha value is -5.40. The highest BCUT2D eigenvalue weighted by Gasteiger charge is 2.48. The van der Waals surface area contributed by atoms with Gasteiger partial charge in [0.2, 0.25) is 29.5 Å². The number of methoxy groups -OCH3 is 3. The predicted octanol–water partition coefficient (Wildman–Crippen LogP) is 2.74. The summed E-state index contributed by atoms with van der Waals surface area (Å²) in [5, 5.41) is 5.89. The molecule has 0 radical (unpaired) electrons. The van der Waals surface area contributed by atoms with Crippen LogP contribution in [0, 0.1) is 17.8 Å². The number of likely N-dealkylation sites (N-methyl/N-ethyl adjacent to an activating group) is 1. The van der Waals surface area contributed by atoms with Crippen molar-refractivity contribution >= 4 is 47.3 Å². The molecule has 1 aromatic rings. The molecule has 4 rings (SSSR count). The van der Waals surface area contributed by atoms with Crippen LogP contribution in [0.4, 0.5) is 0 Å². The SMILES string of the molecule is CC[C@H](C)[C@@H]([C@@H](CC(=O)N1CCC[C@H]1[C@H](OC)[C@@H](C)C(=O)N[C@@H](Cc1ccccc1)C(=O)OC)OC)N(C)C(=O)[C@@H](NC(=O)[C@]1(C)CCCN1C(=O)CCOCCOCCOCCOCCOCCOCCN1C(=O)C=CC1=O)C(C)C. The van der Waals surface area contributed by atoms with Crippen LogP contribution in [-0.2, 0) is 87.4 Å². The molecule has 0 bridgehead atoms. The fraction of sp³-hybridized carbons (Fsp3) is 0.729. The molecule has 0 spiro atoms. The third-order valence-electron chi connectivity index (χ3n) is 15.7. The number of amides is 7. The second kappa shape index (κ2) is 36.3. The van der Waals surface area contributed by atoms with Gasteiger partial charge in [-0.1, -0.05) is 71.4 Å². The van der Waals surface area contributed by atoms with Crippen molar-refractivity contribution in [2.75, 3.05) is 127 Å². The Morgan fingerprint density at radius 2 is 1.28 bits per heavy atom. The van der Waals surface area contributed by atoms with Crippen LogP contribution in [0.1, 0.15) is 92.1 Å². The standard InChI is InChI=1S/C59H94N6O17/c1-11-42(4)53(47(74-8)40-51(69)63-24-15-19-46(63)54(75-9)43(5)55(70)60-45(57(72)76-10)39-44-17-13-12-14-18-44)62(7)56(71)52(41(2)3)61-58(73)59(6)23-16-25-65(59)50(68)22-27-77-29-31-79-33-35-81-37-38-82-36-34-80-32-30-78-28-26-64-48(66)20-21-49(64)67/h12-14,17-18,20-21,41-43,45-47,52-54H,11,15-16,19,22-40H2,1-10H3,(H,60,70)(H,61,73)/t42-,43+,45-,46-,47+,52-,53-,54+,59-/m0/s1. The quantitative estimate of drug-likeness (QED) is 0.0544. The van der Waals surface area contributed by atoms with E-state index in [0.29, 0.717) is 105 Å². The minimum absolute atomic E-state index is 0.0579. The summed E-state index contributed by atoms with van der Waals surface area (Å²) in [6.45, 7) is 16.1. The van der Waals surface area contributed by atoms with Gasteiger partial charge < -0.3 is 68.0 Å². The van der Waals surface area contributed by atoms with Crippen molar-refractivity contribution in [1.29, 1.82) is 0 Å². The Morgan fingerprint density at radius 1 is 0.720 bits per heavy atom. The topological polar surface area (TPSA) is 257 Å². The average molecular weight is 1160 g/mol. The summed E-state index contributed by atoms with van der Waals surface area (Å²) in [5.74, 6) is -4.09. The molecule has 82 heavy (non-hydrogen) atoms. The maximum absolute atomic E-state index is 14.7. The Kier molecular flexibility index (Phi) is 30.6. The van der Waals surface area contributed by atoms with Crippen LogP contribution >= 0.6 is 0 Å². The van der Waals surface area contributed by atoms with Crippen molar-refractivity contribution in [2.24, 2.45) is 17.8 Å². The zero-order valence-corrected chi connectivity index (χ0v) is 50.2. The van der Waals surface area contributed by atoms with Gasteiger partial charge in [0.1, 0.15) is 17.6 Å². The van der Waals surface area contributed by atoms with E-state index in [1.807, 2.05) is 58.0 Å². The lowest BCUT2D eigenvalue weighted by atomic mass is 9.89. The average Bonchev–Trinajstić information content (AvgIpc) is 4.09. The molecule has 2 N–H and O–H groups in total. The first kappa shape index (κ1) is 69.1. The first-order valence-electron chi connectivity index (χ1n) is 29.0. The Labute approximate surface area is 485 Å². The Bertz CT molecular complexity index is 2190. The molecule has 3 aliphatic rings. The molecule has 3 heterocycles. The third kappa shape index (κ3) is 20.7. The van der Waals surface area contributed by atoms with Crippen molar-refractivity contribution in [3.05, 3.63) is 48.0 Å². The molecule has 2 saturated heterocycles. The van der Waals surface area contributed by atoms with E-state index in [1.165, 1.54) is 33.5 Å². The van der Waals surface area contributed by atoms with Gasteiger partial charge in [-0.25, -0.2) is 4.79 Å². The van der Waals surface area contributed by atoms with Crippen molar-refractivity contribution < 1.29 is 81.0 Å². The van der Waals surface area contributed by atoms with Crippen LogP contribution in [-0.4, -0.2) is 236 Å². The summed E-state index contributed by atoms with van der Waals surface area (Å²) in [7, 11) is 5.98. The summed E-state index contributed by atoms with van der Waals surface area (Å²) in [4.78, 5) is 113. The zero-order chi connectivity index (χ0) is 60.2. The highest BCUT2D eigenvalue weighted by molar-refractivity contribution is 6.12. The molecule has 3 aliphatic heterocycles. The minimum Gasteiger partial charge on any atom is -0.467 e. The lowest BCUT2D eigenvalue weighted by molar-refractivity contribution is -0.150. The van der Waals surface area contributed by atoms with Crippen molar-refractivity contribution in [2.45, 2.75) is 135 Å². The van der Waals surface area contributed by atoms with Gasteiger partial charge in [-0.2, -0.15) is 0 Å². The van der Waals surface area contributed by atoms with Crippen LogP contribution in [0.5, 0.6) is 0 Å². The van der Waals surface area contributed by atoms with E-state index in [4.69, 9.17) is 42.6 Å². The van der Waals surface area contributed by atoms with Crippen LogP contribution in [0.15, 0.2) is 42.5 Å². The molecule has 0 aliphatic carbocycles. The molecule has 0 aromatic heterocycles. The van der Waals surface area contributed by atoms with Gasteiger partial charge in [0.05, 0.1) is 136 Å². The number of ether oxygens (including phenoxy) is 9. The number of carbonyl (C=O) groups is 8. The lowest BCUT2D eigenvalue weighted by Crippen LogP contribution is -2.62. The highest BCUT2D eigenvalue weighted by atomic mass is 16.6. The van der Waals surface area contributed by atoms with E-state index >= 15 is 0 Å². The molecule has 0 saturated carbocycles. The summed E-state index contributed by atoms with van der Waals surface area (Å²) in [5.41, 5.74) is -0.347. The second-order valence-electron chi connectivity index (χ2n) is 21.6. The predicted molar refractivity (Wildman–Crippen MR) is 302 cm³/mol. The molecule has 9 atom stereocenters. The number of likely N-dealkylation sites (tertiary alicyclic amines) is 2. The van der Waals surface area contributed by atoms with E-state index in [-0.39, 0.29) is 87.0 Å². The summed E-state index contributed by atoms with van der Waals surface area (Å²) in [6.07, 6.45) is 4.23. The molecule has 462 valence electrons. The third-order valence-corrected chi connectivity index (χ3v) is 15.7. The summed E-state index contributed by atoms with van der Waals surface area (Å²) in [6, 6.07) is 6.41. The molecular weight excluding hydrogens is 1060 g/mol. The van der Waals surface area contributed by atoms with Gasteiger partial charge in [0.15, 0.2) is 0 Å². The monoisotopic (exact) mass is 1160 g/mol. The van der Waals surface area contributed by atoms with Gasteiger partial charge >= 0.3 is 5.97 Å². The van der Waals surface area contributed by atoms with Crippen LogP contribution in [0.25, 0.3) is 0 Å². The zero-order valence-electron chi connectivity index (χ0n) is 50.2.